The lowest BCUT2D eigenvalue weighted by Gasteiger charge is -2.19. The summed E-state index contributed by atoms with van der Waals surface area (Å²) >= 11 is 0. The summed E-state index contributed by atoms with van der Waals surface area (Å²) in [7, 11) is 1.64. The quantitative estimate of drug-likeness (QED) is 0.259. The Morgan fingerprint density at radius 2 is 1.79 bits per heavy atom. The molecular weight excluding hydrogens is 531 g/mol. The molecule has 0 aliphatic carbocycles. The zero-order chi connectivity index (χ0) is 22.8. The van der Waals surface area contributed by atoms with Gasteiger partial charge in [-0.25, -0.2) is 4.99 Å². The van der Waals surface area contributed by atoms with Crippen molar-refractivity contribution >= 4 is 35.8 Å². The van der Waals surface area contributed by atoms with Crippen LogP contribution >= 0.6 is 24.0 Å². The smallest absolute Gasteiger partial charge is 0.222 e. The number of para-hydroxylation sites is 2. The fourth-order valence-corrected chi connectivity index (χ4v) is 3.66. The molecule has 2 N–H and O–H groups in total. The highest BCUT2D eigenvalue weighted by molar-refractivity contribution is 14.0. The van der Waals surface area contributed by atoms with Crippen LogP contribution in [-0.2, 0) is 17.9 Å². The fraction of sp³-hybridized carbons (Fsp3) is 0.440. The predicted octanol–water partition coefficient (Wildman–Crippen LogP) is 3.96. The molecule has 0 bridgehead atoms. The molecule has 180 valence electrons. The second-order valence-electron chi connectivity index (χ2n) is 7.84. The van der Waals surface area contributed by atoms with Gasteiger partial charge in [0, 0.05) is 26.1 Å². The van der Waals surface area contributed by atoms with Gasteiger partial charge in [-0.2, -0.15) is 0 Å². The molecule has 8 heteroatoms. The maximum atomic E-state index is 12.0. The SMILES string of the molecule is CCNC(=NCc1ccccc1CN1CCCC1=O)NCC(C)Oc1ccccc1OC.I. The highest BCUT2D eigenvalue weighted by Crippen LogP contribution is 2.26. The molecular formula is C25H35IN4O3. The van der Waals surface area contributed by atoms with E-state index in [1.54, 1.807) is 7.11 Å². The van der Waals surface area contributed by atoms with Gasteiger partial charge in [0.05, 0.1) is 20.2 Å². The number of hydrogen-bond donors (Lipinski definition) is 2. The normalized spacial score (nSPS) is 14.5. The lowest BCUT2D eigenvalue weighted by atomic mass is 10.1. The molecule has 1 aliphatic rings. The zero-order valence-electron chi connectivity index (χ0n) is 19.7. The first-order chi connectivity index (χ1) is 15.6. The van der Waals surface area contributed by atoms with Crippen LogP contribution in [0.3, 0.4) is 0 Å². The van der Waals surface area contributed by atoms with E-state index < -0.39 is 0 Å². The minimum atomic E-state index is -0.0800. The van der Waals surface area contributed by atoms with E-state index in [0.717, 1.165) is 42.3 Å². The predicted molar refractivity (Wildman–Crippen MR) is 142 cm³/mol. The van der Waals surface area contributed by atoms with Gasteiger partial charge in [0.1, 0.15) is 6.10 Å². The van der Waals surface area contributed by atoms with Crippen molar-refractivity contribution in [2.75, 3.05) is 26.7 Å². The van der Waals surface area contributed by atoms with Gasteiger partial charge >= 0.3 is 0 Å². The van der Waals surface area contributed by atoms with Crippen LogP contribution < -0.4 is 20.1 Å². The van der Waals surface area contributed by atoms with E-state index in [4.69, 9.17) is 14.5 Å². The zero-order valence-corrected chi connectivity index (χ0v) is 22.0. The molecule has 0 aromatic heterocycles. The van der Waals surface area contributed by atoms with E-state index in [1.807, 2.05) is 55.1 Å². The van der Waals surface area contributed by atoms with Gasteiger partial charge in [-0.15, -0.1) is 24.0 Å². The Labute approximate surface area is 214 Å². The maximum Gasteiger partial charge on any atom is 0.222 e. The molecule has 0 saturated carbocycles. The molecule has 1 unspecified atom stereocenters. The van der Waals surface area contributed by atoms with Crippen molar-refractivity contribution in [1.29, 1.82) is 0 Å². The molecule has 1 aliphatic heterocycles. The van der Waals surface area contributed by atoms with Crippen LogP contribution in [0.15, 0.2) is 53.5 Å². The summed E-state index contributed by atoms with van der Waals surface area (Å²) in [5.41, 5.74) is 2.28. The number of carbonyl (C=O) groups is 1. The Bertz CT molecular complexity index is 922. The molecule has 0 radical (unpaired) electrons. The molecule has 1 fully saturated rings. The molecule has 1 amide bonds. The summed E-state index contributed by atoms with van der Waals surface area (Å²) in [5.74, 6) is 2.40. The molecule has 0 spiro atoms. The van der Waals surface area contributed by atoms with Crippen molar-refractivity contribution in [1.82, 2.24) is 15.5 Å². The Hall–Kier alpha value is -2.49. The third kappa shape index (κ3) is 8.10. The van der Waals surface area contributed by atoms with Gasteiger partial charge in [0.15, 0.2) is 17.5 Å². The van der Waals surface area contributed by atoms with Gasteiger partial charge in [-0.1, -0.05) is 36.4 Å². The Balaban J connectivity index is 0.00000385. The summed E-state index contributed by atoms with van der Waals surface area (Å²) < 4.78 is 11.4. The van der Waals surface area contributed by atoms with E-state index in [-0.39, 0.29) is 36.0 Å². The number of hydrogen-bond acceptors (Lipinski definition) is 4. The number of amides is 1. The largest absolute Gasteiger partial charge is 0.493 e. The average Bonchev–Trinajstić information content (AvgIpc) is 3.21. The van der Waals surface area contributed by atoms with Crippen molar-refractivity contribution in [3.05, 3.63) is 59.7 Å². The van der Waals surface area contributed by atoms with E-state index in [1.165, 1.54) is 0 Å². The molecule has 2 aromatic carbocycles. The first kappa shape index (κ1) is 26.8. The number of methoxy groups -OCH3 is 1. The highest BCUT2D eigenvalue weighted by atomic mass is 127. The number of rotatable bonds is 10. The van der Waals surface area contributed by atoms with Crippen LogP contribution in [-0.4, -0.2) is 49.6 Å². The second-order valence-corrected chi connectivity index (χ2v) is 7.84. The number of nitrogens with zero attached hydrogens (tertiary/aromatic N) is 2. The summed E-state index contributed by atoms with van der Waals surface area (Å²) in [6.07, 6.45) is 1.52. The topological polar surface area (TPSA) is 75.2 Å². The lowest BCUT2D eigenvalue weighted by Crippen LogP contribution is -2.41. The monoisotopic (exact) mass is 566 g/mol. The highest BCUT2D eigenvalue weighted by Gasteiger charge is 2.20. The van der Waals surface area contributed by atoms with E-state index in [2.05, 4.69) is 22.8 Å². The molecule has 2 aromatic rings. The fourth-order valence-electron chi connectivity index (χ4n) is 3.66. The lowest BCUT2D eigenvalue weighted by molar-refractivity contribution is -0.128. The molecule has 7 nitrogen and oxygen atoms in total. The summed E-state index contributed by atoms with van der Waals surface area (Å²) in [6.45, 7) is 7.42. The second kappa shape index (κ2) is 13.9. The van der Waals surface area contributed by atoms with Gasteiger partial charge in [-0.3, -0.25) is 4.79 Å². The first-order valence-corrected chi connectivity index (χ1v) is 11.3. The molecule has 33 heavy (non-hydrogen) atoms. The average molecular weight is 566 g/mol. The number of benzene rings is 2. The van der Waals surface area contributed by atoms with Crippen LogP contribution in [0.25, 0.3) is 0 Å². The number of nitrogens with one attached hydrogen (secondary N) is 2. The van der Waals surface area contributed by atoms with Gasteiger partial charge in [0.2, 0.25) is 5.91 Å². The van der Waals surface area contributed by atoms with Gasteiger partial charge in [0.25, 0.3) is 0 Å². The number of halogens is 1. The van der Waals surface area contributed by atoms with Crippen LogP contribution in [0.4, 0.5) is 0 Å². The summed E-state index contributed by atoms with van der Waals surface area (Å²) in [5, 5.41) is 6.64. The number of aliphatic imine (C=N–C) groups is 1. The third-order valence-corrected chi connectivity index (χ3v) is 5.36. The number of guanidine groups is 1. The van der Waals surface area contributed by atoms with Crippen molar-refractivity contribution in [2.24, 2.45) is 4.99 Å². The van der Waals surface area contributed by atoms with Crippen LogP contribution in [0.5, 0.6) is 11.5 Å². The number of likely N-dealkylation sites (tertiary alicyclic amines) is 1. The third-order valence-electron chi connectivity index (χ3n) is 5.36. The van der Waals surface area contributed by atoms with Crippen LogP contribution in [0, 0.1) is 0 Å². The Morgan fingerprint density at radius 1 is 1.09 bits per heavy atom. The first-order valence-electron chi connectivity index (χ1n) is 11.3. The molecule has 1 saturated heterocycles. The molecule has 1 atom stereocenters. The summed E-state index contributed by atoms with van der Waals surface area (Å²) in [4.78, 5) is 18.7. The van der Waals surface area contributed by atoms with Crippen molar-refractivity contribution < 1.29 is 14.3 Å². The Morgan fingerprint density at radius 3 is 2.45 bits per heavy atom. The minimum absolute atomic E-state index is 0. The van der Waals surface area contributed by atoms with Crippen LogP contribution in [0.1, 0.15) is 37.8 Å². The number of carbonyl (C=O) groups excluding carboxylic acids is 1. The standard InChI is InChI=1S/C25H34N4O3.HI/c1-4-26-25(27-16-19(2)32-23-13-8-7-12-22(23)31-3)28-17-20-10-5-6-11-21(20)18-29-15-9-14-24(29)30;/h5-8,10-13,19H,4,9,14-18H2,1-3H3,(H2,26,27,28);1H. The van der Waals surface area contributed by atoms with Crippen molar-refractivity contribution in [3.8, 4) is 11.5 Å². The van der Waals surface area contributed by atoms with Crippen molar-refractivity contribution in [3.63, 3.8) is 0 Å². The van der Waals surface area contributed by atoms with Gasteiger partial charge in [-0.05, 0) is 43.5 Å². The maximum absolute atomic E-state index is 12.0. The van der Waals surface area contributed by atoms with E-state index >= 15 is 0 Å². The summed E-state index contributed by atoms with van der Waals surface area (Å²) in [6, 6.07) is 15.8. The molecule has 3 rings (SSSR count). The van der Waals surface area contributed by atoms with E-state index in [9.17, 15) is 4.79 Å². The van der Waals surface area contributed by atoms with Crippen LogP contribution in [0.2, 0.25) is 0 Å². The molecule has 1 heterocycles. The van der Waals surface area contributed by atoms with E-state index in [0.29, 0.717) is 31.8 Å². The van der Waals surface area contributed by atoms with Crippen molar-refractivity contribution in [2.45, 2.75) is 45.9 Å². The Kier molecular flexibility index (Phi) is 11.3. The number of ether oxygens (including phenoxy) is 2. The van der Waals surface area contributed by atoms with Gasteiger partial charge < -0.3 is 25.0 Å². The minimum Gasteiger partial charge on any atom is -0.493 e.